The first-order valence-electron chi connectivity index (χ1n) is 7.38. The number of carbonyl (C=O) groups is 2. The zero-order valence-corrected chi connectivity index (χ0v) is 13.8. The van der Waals surface area contributed by atoms with Crippen LogP contribution in [-0.4, -0.2) is 26.0 Å². The van der Waals surface area contributed by atoms with Gasteiger partial charge >= 0.3 is 0 Å². The smallest absolute Gasteiger partial charge is 0.263 e. The second-order valence-electron chi connectivity index (χ2n) is 4.95. The molecule has 0 saturated heterocycles. The van der Waals surface area contributed by atoms with Crippen LogP contribution in [0.1, 0.15) is 16.8 Å². The zero-order valence-electron chi connectivity index (χ0n) is 13.8. The van der Waals surface area contributed by atoms with Crippen molar-refractivity contribution in [2.24, 2.45) is 0 Å². The highest BCUT2D eigenvalue weighted by Gasteiger charge is 2.18. The van der Waals surface area contributed by atoms with Gasteiger partial charge in [-0.25, -0.2) is 0 Å². The normalized spacial score (nSPS) is 9.64. The van der Waals surface area contributed by atoms with E-state index >= 15 is 0 Å². The molecule has 2 aromatic carbocycles. The van der Waals surface area contributed by atoms with Crippen LogP contribution in [0.4, 0.5) is 11.4 Å². The van der Waals surface area contributed by atoms with Crippen LogP contribution in [0.25, 0.3) is 0 Å². The van der Waals surface area contributed by atoms with E-state index in [2.05, 4.69) is 10.6 Å². The lowest BCUT2D eigenvalue weighted by Gasteiger charge is -2.13. The highest BCUT2D eigenvalue weighted by molar-refractivity contribution is 6.08. The van der Waals surface area contributed by atoms with Crippen molar-refractivity contribution in [3.8, 4) is 17.6 Å². The molecule has 0 aliphatic carbocycles. The maximum atomic E-state index is 12.5. The molecule has 0 saturated carbocycles. The summed E-state index contributed by atoms with van der Waals surface area (Å²) in [5.41, 5.74) is 1.36. The molecular weight excluding hydrogens is 322 g/mol. The zero-order chi connectivity index (χ0) is 18.2. The average molecular weight is 339 g/mol. The van der Waals surface area contributed by atoms with Gasteiger partial charge in [0.2, 0.25) is 5.91 Å². The minimum atomic E-state index is -0.391. The maximum absolute atomic E-state index is 12.5. The Labute approximate surface area is 145 Å². The maximum Gasteiger partial charge on any atom is 0.263 e. The first-order valence-corrected chi connectivity index (χ1v) is 7.38. The van der Waals surface area contributed by atoms with Gasteiger partial charge in [0.1, 0.15) is 23.5 Å². The van der Waals surface area contributed by atoms with Gasteiger partial charge in [0.25, 0.3) is 5.91 Å². The molecule has 2 N–H and O–H groups in total. The largest absolute Gasteiger partial charge is 0.496 e. The summed E-state index contributed by atoms with van der Waals surface area (Å²) in [5.74, 6) is 0.0306. The Balaban J connectivity index is 2.14. The van der Waals surface area contributed by atoms with Gasteiger partial charge in [0.05, 0.1) is 20.3 Å². The number of nitrogens with zero attached hydrogens (tertiary/aromatic N) is 1. The first kappa shape index (κ1) is 17.8. The number of methoxy groups -OCH3 is 2. The van der Waals surface area contributed by atoms with E-state index < -0.39 is 5.91 Å². The van der Waals surface area contributed by atoms with Crippen molar-refractivity contribution in [3.05, 3.63) is 48.0 Å². The Morgan fingerprint density at radius 2 is 1.48 bits per heavy atom. The lowest BCUT2D eigenvalue weighted by Crippen LogP contribution is -2.15. The van der Waals surface area contributed by atoms with E-state index in [9.17, 15) is 9.59 Å². The van der Waals surface area contributed by atoms with Gasteiger partial charge in [0, 0.05) is 11.4 Å². The highest BCUT2D eigenvalue weighted by Crippen LogP contribution is 2.29. The van der Waals surface area contributed by atoms with E-state index in [1.807, 2.05) is 0 Å². The lowest BCUT2D eigenvalue weighted by molar-refractivity contribution is -0.115. The van der Waals surface area contributed by atoms with Crippen LogP contribution >= 0.6 is 0 Å². The third-order valence-corrected chi connectivity index (χ3v) is 3.32. The molecular formula is C18H17N3O4. The Hall–Kier alpha value is -3.53. The van der Waals surface area contributed by atoms with E-state index in [1.54, 1.807) is 48.5 Å². The number of nitriles is 1. The van der Waals surface area contributed by atoms with Gasteiger partial charge in [-0.1, -0.05) is 6.07 Å². The molecule has 0 radical (unpaired) electrons. The molecule has 0 aromatic heterocycles. The van der Waals surface area contributed by atoms with Crippen LogP contribution < -0.4 is 20.1 Å². The number of amides is 2. The van der Waals surface area contributed by atoms with Gasteiger partial charge < -0.3 is 20.1 Å². The molecule has 0 atom stereocenters. The molecule has 7 heteroatoms. The standard InChI is InChI=1S/C18H17N3O4/c1-24-14-4-3-5-15(25-2)17(14)18(23)21-13-8-6-12(7-9-13)20-16(22)10-11-19/h3-9H,10H2,1-2H3,(H,20,22)(H,21,23). The van der Waals surface area contributed by atoms with Crippen LogP contribution in [0, 0.1) is 11.3 Å². The summed E-state index contributed by atoms with van der Waals surface area (Å²) in [7, 11) is 2.95. The summed E-state index contributed by atoms with van der Waals surface area (Å²) in [6.45, 7) is 0. The van der Waals surface area contributed by atoms with Crippen LogP contribution in [0.15, 0.2) is 42.5 Å². The molecule has 2 rings (SSSR count). The fraction of sp³-hybridized carbons (Fsp3) is 0.167. The third kappa shape index (κ3) is 4.48. The van der Waals surface area contributed by atoms with Crippen LogP contribution in [0.3, 0.4) is 0 Å². The molecule has 0 spiro atoms. The van der Waals surface area contributed by atoms with Gasteiger partial charge in [-0.15, -0.1) is 0 Å². The molecule has 0 fully saturated rings. The predicted octanol–water partition coefficient (Wildman–Crippen LogP) is 2.81. The van der Waals surface area contributed by atoms with Crippen molar-refractivity contribution in [1.82, 2.24) is 0 Å². The monoisotopic (exact) mass is 339 g/mol. The van der Waals surface area contributed by atoms with Crippen LogP contribution in [0.2, 0.25) is 0 Å². The fourth-order valence-corrected chi connectivity index (χ4v) is 2.18. The van der Waals surface area contributed by atoms with Crippen molar-refractivity contribution in [2.45, 2.75) is 6.42 Å². The summed E-state index contributed by atoms with van der Waals surface area (Å²) in [4.78, 5) is 23.9. The minimum absolute atomic E-state index is 0.216. The van der Waals surface area contributed by atoms with Crippen molar-refractivity contribution in [2.75, 3.05) is 24.9 Å². The number of anilines is 2. The SMILES string of the molecule is COc1cccc(OC)c1C(=O)Nc1ccc(NC(=O)CC#N)cc1. The van der Waals surface area contributed by atoms with Crippen molar-refractivity contribution < 1.29 is 19.1 Å². The Morgan fingerprint density at radius 3 is 1.96 bits per heavy atom. The molecule has 25 heavy (non-hydrogen) atoms. The number of carbonyl (C=O) groups excluding carboxylic acids is 2. The van der Waals surface area contributed by atoms with E-state index in [0.717, 1.165) is 0 Å². The van der Waals surface area contributed by atoms with Gasteiger partial charge in [-0.05, 0) is 36.4 Å². The molecule has 128 valence electrons. The quantitative estimate of drug-likeness (QED) is 0.843. The minimum Gasteiger partial charge on any atom is -0.496 e. The van der Waals surface area contributed by atoms with Crippen LogP contribution in [-0.2, 0) is 4.79 Å². The molecule has 2 amide bonds. The predicted molar refractivity (Wildman–Crippen MR) is 92.8 cm³/mol. The number of nitrogens with one attached hydrogen (secondary N) is 2. The van der Waals surface area contributed by atoms with E-state index in [1.165, 1.54) is 14.2 Å². The molecule has 0 aliphatic rings. The van der Waals surface area contributed by atoms with E-state index in [4.69, 9.17) is 14.7 Å². The second kappa shape index (κ2) is 8.36. The van der Waals surface area contributed by atoms with Gasteiger partial charge in [-0.2, -0.15) is 5.26 Å². The third-order valence-electron chi connectivity index (χ3n) is 3.32. The summed E-state index contributed by atoms with van der Waals surface area (Å²) < 4.78 is 10.4. The Kier molecular flexibility index (Phi) is 5.96. The number of benzene rings is 2. The molecule has 0 unspecified atom stereocenters. The molecule has 0 aliphatic heterocycles. The molecule has 2 aromatic rings. The Bertz CT molecular complexity index is 788. The summed E-state index contributed by atoms with van der Waals surface area (Å²) in [5, 5.41) is 13.8. The van der Waals surface area contributed by atoms with E-state index in [0.29, 0.717) is 28.4 Å². The fourth-order valence-electron chi connectivity index (χ4n) is 2.18. The topological polar surface area (TPSA) is 100 Å². The number of hydrogen-bond acceptors (Lipinski definition) is 5. The first-order chi connectivity index (χ1) is 12.1. The summed E-state index contributed by atoms with van der Waals surface area (Å²) >= 11 is 0. The van der Waals surface area contributed by atoms with Crippen molar-refractivity contribution in [3.63, 3.8) is 0 Å². The van der Waals surface area contributed by atoms with Crippen LogP contribution in [0.5, 0.6) is 11.5 Å². The number of ether oxygens (including phenoxy) is 2. The number of hydrogen-bond donors (Lipinski definition) is 2. The summed E-state index contributed by atoms with van der Waals surface area (Å²) in [6, 6.07) is 13.4. The summed E-state index contributed by atoms with van der Waals surface area (Å²) in [6.07, 6.45) is -0.216. The second-order valence-corrected chi connectivity index (χ2v) is 4.95. The van der Waals surface area contributed by atoms with Gasteiger partial charge in [-0.3, -0.25) is 9.59 Å². The van der Waals surface area contributed by atoms with Crippen molar-refractivity contribution >= 4 is 23.2 Å². The van der Waals surface area contributed by atoms with Crippen molar-refractivity contribution in [1.29, 1.82) is 5.26 Å². The highest BCUT2D eigenvalue weighted by atomic mass is 16.5. The lowest BCUT2D eigenvalue weighted by atomic mass is 10.1. The number of rotatable bonds is 6. The molecule has 0 heterocycles. The average Bonchev–Trinajstić information content (AvgIpc) is 2.62. The van der Waals surface area contributed by atoms with E-state index in [-0.39, 0.29) is 12.3 Å². The van der Waals surface area contributed by atoms with Gasteiger partial charge in [0.15, 0.2) is 0 Å². The molecule has 0 bridgehead atoms. The molecule has 7 nitrogen and oxygen atoms in total. The Morgan fingerprint density at radius 1 is 0.960 bits per heavy atom.